The second kappa shape index (κ2) is 5.50. The minimum Gasteiger partial charge on any atom is -0.311 e. The average Bonchev–Trinajstić information content (AvgIpc) is 2.92. The van der Waals surface area contributed by atoms with Crippen LogP contribution in [-0.2, 0) is 0 Å². The Morgan fingerprint density at radius 1 is 1.06 bits per heavy atom. The molecule has 3 rings (SSSR count). The fourth-order valence-corrected chi connectivity index (χ4v) is 4.81. The van der Waals surface area contributed by atoms with Crippen LogP contribution in [0.3, 0.4) is 0 Å². The van der Waals surface area contributed by atoms with Crippen molar-refractivity contribution in [2.45, 2.75) is 64.0 Å². The highest BCUT2D eigenvalue weighted by atomic mass is 15.1. The first kappa shape index (κ1) is 12.9. The standard InChI is InChI=1S/C16H30N2/c1-12(16-11-13-5-6-14(16)10-13)17-15-4-3-8-18(2)9-7-15/h12-17H,3-11H2,1-2H3. The summed E-state index contributed by atoms with van der Waals surface area (Å²) in [4.78, 5) is 2.49. The molecule has 1 saturated heterocycles. The molecule has 0 aromatic heterocycles. The molecule has 2 aliphatic carbocycles. The lowest BCUT2D eigenvalue weighted by atomic mass is 9.83. The molecular weight excluding hydrogens is 220 g/mol. The Labute approximate surface area is 113 Å². The third kappa shape index (κ3) is 2.75. The Bertz CT molecular complexity index is 278. The average molecular weight is 250 g/mol. The minimum atomic E-state index is 0.758. The van der Waals surface area contributed by atoms with Gasteiger partial charge in [0.15, 0.2) is 0 Å². The van der Waals surface area contributed by atoms with Gasteiger partial charge in [-0.1, -0.05) is 6.42 Å². The molecule has 2 bridgehead atoms. The maximum absolute atomic E-state index is 3.98. The largest absolute Gasteiger partial charge is 0.311 e. The first-order valence-electron chi connectivity index (χ1n) is 8.17. The first-order valence-corrected chi connectivity index (χ1v) is 8.17. The van der Waals surface area contributed by atoms with Crippen LogP contribution in [-0.4, -0.2) is 37.1 Å². The molecule has 2 saturated carbocycles. The van der Waals surface area contributed by atoms with Crippen LogP contribution in [0.4, 0.5) is 0 Å². The summed E-state index contributed by atoms with van der Waals surface area (Å²) in [6.07, 6.45) is 10.2. The van der Waals surface area contributed by atoms with Gasteiger partial charge < -0.3 is 10.2 Å². The van der Waals surface area contributed by atoms with E-state index < -0.39 is 0 Å². The predicted octanol–water partition coefficient (Wildman–Crippen LogP) is 2.89. The Hall–Kier alpha value is -0.0800. The Kier molecular flexibility index (Phi) is 3.95. The van der Waals surface area contributed by atoms with E-state index in [2.05, 4.69) is 24.2 Å². The number of likely N-dealkylation sites (tertiary alicyclic amines) is 1. The van der Waals surface area contributed by atoms with E-state index in [1.54, 1.807) is 6.42 Å². The molecule has 0 aromatic carbocycles. The number of nitrogens with one attached hydrogen (secondary N) is 1. The topological polar surface area (TPSA) is 15.3 Å². The predicted molar refractivity (Wildman–Crippen MR) is 76.7 cm³/mol. The number of rotatable bonds is 3. The van der Waals surface area contributed by atoms with E-state index in [-0.39, 0.29) is 0 Å². The minimum absolute atomic E-state index is 0.758. The highest BCUT2D eigenvalue weighted by Crippen LogP contribution is 2.49. The van der Waals surface area contributed by atoms with Crippen molar-refractivity contribution in [2.75, 3.05) is 20.1 Å². The lowest BCUT2D eigenvalue weighted by Crippen LogP contribution is -2.43. The molecular formula is C16H30N2. The summed E-state index contributed by atoms with van der Waals surface area (Å²) in [7, 11) is 2.27. The molecule has 3 aliphatic rings. The van der Waals surface area contributed by atoms with Crippen molar-refractivity contribution in [3.63, 3.8) is 0 Å². The van der Waals surface area contributed by atoms with Gasteiger partial charge in [0.25, 0.3) is 0 Å². The number of fused-ring (bicyclic) bond motifs is 2. The summed E-state index contributed by atoms with van der Waals surface area (Å²) in [5, 5.41) is 3.98. The molecule has 0 radical (unpaired) electrons. The maximum Gasteiger partial charge on any atom is 0.00823 e. The monoisotopic (exact) mass is 250 g/mol. The van der Waals surface area contributed by atoms with E-state index in [1.807, 2.05) is 0 Å². The fourth-order valence-electron chi connectivity index (χ4n) is 4.81. The third-order valence-electron chi connectivity index (χ3n) is 5.89. The lowest BCUT2D eigenvalue weighted by Gasteiger charge is -2.31. The van der Waals surface area contributed by atoms with E-state index in [1.165, 1.54) is 51.6 Å². The Morgan fingerprint density at radius 3 is 2.67 bits per heavy atom. The van der Waals surface area contributed by atoms with Crippen LogP contribution >= 0.6 is 0 Å². The summed E-state index contributed by atoms with van der Waals surface area (Å²) in [6, 6.07) is 1.54. The fraction of sp³-hybridized carbons (Fsp3) is 1.00. The zero-order valence-electron chi connectivity index (χ0n) is 12.2. The molecule has 0 spiro atoms. The lowest BCUT2D eigenvalue weighted by molar-refractivity contribution is 0.238. The smallest absolute Gasteiger partial charge is 0.00823 e. The van der Waals surface area contributed by atoms with Crippen molar-refractivity contribution in [3.8, 4) is 0 Å². The normalized spacial score (nSPS) is 43.0. The molecule has 1 heterocycles. The third-order valence-corrected chi connectivity index (χ3v) is 5.89. The number of nitrogens with zero attached hydrogens (tertiary/aromatic N) is 1. The van der Waals surface area contributed by atoms with E-state index in [4.69, 9.17) is 0 Å². The van der Waals surface area contributed by atoms with Crippen molar-refractivity contribution >= 4 is 0 Å². The van der Waals surface area contributed by atoms with E-state index >= 15 is 0 Å². The van der Waals surface area contributed by atoms with E-state index in [9.17, 15) is 0 Å². The maximum atomic E-state index is 3.98. The molecule has 104 valence electrons. The van der Waals surface area contributed by atoms with Crippen LogP contribution in [0.1, 0.15) is 51.9 Å². The van der Waals surface area contributed by atoms with Crippen LogP contribution < -0.4 is 5.32 Å². The molecule has 1 aliphatic heterocycles. The van der Waals surface area contributed by atoms with Crippen molar-refractivity contribution in [2.24, 2.45) is 17.8 Å². The molecule has 0 amide bonds. The van der Waals surface area contributed by atoms with Crippen molar-refractivity contribution in [1.82, 2.24) is 10.2 Å². The zero-order chi connectivity index (χ0) is 12.5. The van der Waals surface area contributed by atoms with Crippen LogP contribution in [0.15, 0.2) is 0 Å². The molecule has 2 heteroatoms. The molecule has 0 aromatic rings. The highest BCUT2D eigenvalue weighted by Gasteiger charge is 2.42. The van der Waals surface area contributed by atoms with Crippen LogP contribution in [0.2, 0.25) is 0 Å². The van der Waals surface area contributed by atoms with Crippen LogP contribution in [0, 0.1) is 17.8 Å². The van der Waals surface area contributed by atoms with Gasteiger partial charge in [0.2, 0.25) is 0 Å². The quantitative estimate of drug-likeness (QED) is 0.828. The van der Waals surface area contributed by atoms with Gasteiger partial charge >= 0.3 is 0 Å². The molecule has 1 N–H and O–H groups in total. The summed E-state index contributed by atoms with van der Waals surface area (Å²) in [5.41, 5.74) is 0. The van der Waals surface area contributed by atoms with Crippen molar-refractivity contribution < 1.29 is 0 Å². The summed E-state index contributed by atoms with van der Waals surface area (Å²) in [5.74, 6) is 3.14. The van der Waals surface area contributed by atoms with Gasteiger partial charge in [0, 0.05) is 12.1 Å². The summed E-state index contributed by atoms with van der Waals surface area (Å²) >= 11 is 0. The SMILES string of the molecule is CC(NC1CCCN(C)CC1)C1CC2CCC1C2. The van der Waals surface area contributed by atoms with Gasteiger partial charge in [-0.3, -0.25) is 0 Å². The molecule has 5 atom stereocenters. The van der Waals surface area contributed by atoms with Crippen molar-refractivity contribution in [1.29, 1.82) is 0 Å². The van der Waals surface area contributed by atoms with Crippen LogP contribution in [0.25, 0.3) is 0 Å². The summed E-state index contributed by atoms with van der Waals surface area (Å²) in [6.45, 7) is 5.03. The zero-order valence-corrected chi connectivity index (χ0v) is 12.2. The molecule has 5 unspecified atom stereocenters. The van der Waals surface area contributed by atoms with Crippen LogP contribution in [0.5, 0.6) is 0 Å². The molecule has 18 heavy (non-hydrogen) atoms. The van der Waals surface area contributed by atoms with Gasteiger partial charge in [-0.25, -0.2) is 0 Å². The molecule has 3 fully saturated rings. The van der Waals surface area contributed by atoms with E-state index in [0.717, 1.165) is 29.8 Å². The summed E-state index contributed by atoms with van der Waals surface area (Å²) < 4.78 is 0. The van der Waals surface area contributed by atoms with Gasteiger partial charge in [0.05, 0.1) is 0 Å². The number of hydrogen-bond acceptors (Lipinski definition) is 2. The van der Waals surface area contributed by atoms with Gasteiger partial charge in [-0.05, 0) is 83.3 Å². The number of hydrogen-bond donors (Lipinski definition) is 1. The highest BCUT2D eigenvalue weighted by molar-refractivity contribution is 4.94. The molecule has 2 nitrogen and oxygen atoms in total. The van der Waals surface area contributed by atoms with Gasteiger partial charge in [0.1, 0.15) is 0 Å². The van der Waals surface area contributed by atoms with Crippen molar-refractivity contribution in [3.05, 3.63) is 0 Å². The first-order chi connectivity index (χ1) is 8.72. The van der Waals surface area contributed by atoms with E-state index in [0.29, 0.717) is 0 Å². The second-order valence-corrected chi connectivity index (χ2v) is 7.23. The second-order valence-electron chi connectivity index (χ2n) is 7.23. The Balaban J connectivity index is 1.49. The van der Waals surface area contributed by atoms with Gasteiger partial charge in [-0.2, -0.15) is 0 Å². The Morgan fingerprint density at radius 2 is 1.94 bits per heavy atom. The van der Waals surface area contributed by atoms with Gasteiger partial charge in [-0.15, -0.1) is 0 Å².